The number of likely N-dealkylation sites (tertiary alicyclic amines) is 1. The molecular weight excluding hydrogens is 288 g/mol. The maximum atomic E-state index is 11.9. The molecule has 0 atom stereocenters. The van der Waals surface area contributed by atoms with Crippen molar-refractivity contribution in [3.63, 3.8) is 0 Å². The average Bonchev–Trinajstić information content (AvgIpc) is 2.53. The molecule has 0 N–H and O–H groups in total. The highest BCUT2D eigenvalue weighted by Gasteiger charge is 2.20. The van der Waals surface area contributed by atoms with Gasteiger partial charge in [0.1, 0.15) is 0 Å². The highest BCUT2D eigenvalue weighted by Crippen LogP contribution is 2.19. The van der Waals surface area contributed by atoms with Crippen LogP contribution in [-0.4, -0.2) is 41.4 Å². The largest absolute Gasteiger partial charge is 0.452 e. The smallest absolute Gasteiger partial charge is 0.338 e. The first kappa shape index (κ1) is 15.9. The van der Waals surface area contributed by atoms with Gasteiger partial charge in [-0.2, -0.15) is 0 Å². The van der Waals surface area contributed by atoms with Crippen molar-refractivity contribution in [1.82, 2.24) is 4.90 Å². The molecule has 1 heterocycles. The van der Waals surface area contributed by atoms with E-state index < -0.39 is 10.9 Å². The molecule has 1 aromatic rings. The number of nitro benzene ring substituents is 1. The van der Waals surface area contributed by atoms with E-state index in [1.807, 2.05) is 0 Å². The van der Waals surface area contributed by atoms with Crippen molar-refractivity contribution in [2.24, 2.45) is 0 Å². The second-order valence-corrected chi connectivity index (χ2v) is 5.28. The number of rotatable bonds is 4. The van der Waals surface area contributed by atoms with Crippen molar-refractivity contribution in [3.8, 4) is 0 Å². The van der Waals surface area contributed by atoms with Crippen molar-refractivity contribution in [1.29, 1.82) is 0 Å². The van der Waals surface area contributed by atoms with Crippen LogP contribution in [0.1, 0.15) is 35.2 Å². The van der Waals surface area contributed by atoms with E-state index in [4.69, 9.17) is 4.74 Å². The molecule has 1 fully saturated rings. The summed E-state index contributed by atoms with van der Waals surface area (Å²) in [5.74, 6) is -0.955. The van der Waals surface area contributed by atoms with Gasteiger partial charge in [-0.1, -0.05) is 6.07 Å². The van der Waals surface area contributed by atoms with E-state index in [-0.39, 0.29) is 23.8 Å². The van der Waals surface area contributed by atoms with E-state index in [1.54, 1.807) is 11.8 Å². The molecule has 0 bridgehead atoms. The summed E-state index contributed by atoms with van der Waals surface area (Å²) in [6.07, 6.45) is 3.03. The summed E-state index contributed by atoms with van der Waals surface area (Å²) >= 11 is 0. The maximum Gasteiger partial charge on any atom is 0.338 e. The zero-order valence-corrected chi connectivity index (χ0v) is 12.4. The summed E-state index contributed by atoms with van der Waals surface area (Å²) in [5.41, 5.74) is 0.395. The number of aryl methyl sites for hydroxylation is 1. The Bertz CT molecular complexity index is 594. The summed E-state index contributed by atoms with van der Waals surface area (Å²) in [5, 5.41) is 10.9. The fraction of sp³-hybridized carbons (Fsp3) is 0.467. The predicted molar refractivity (Wildman–Crippen MR) is 78.5 cm³/mol. The number of nitro groups is 1. The highest BCUT2D eigenvalue weighted by atomic mass is 16.6. The number of esters is 1. The number of hydrogen-bond acceptors (Lipinski definition) is 5. The van der Waals surface area contributed by atoms with E-state index in [0.717, 1.165) is 19.3 Å². The standard InChI is InChI=1S/C15H18N2O5/c1-11-5-6-12(9-13(11)17(20)21)15(19)22-10-14(18)16-7-3-2-4-8-16/h5-6,9H,2-4,7-8,10H2,1H3. The molecule has 1 saturated heterocycles. The van der Waals surface area contributed by atoms with Crippen LogP contribution in [0.15, 0.2) is 18.2 Å². The van der Waals surface area contributed by atoms with Crippen LogP contribution in [0.25, 0.3) is 0 Å². The molecule has 1 aliphatic heterocycles. The Balaban J connectivity index is 1.96. The van der Waals surface area contributed by atoms with Gasteiger partial charge in [-0.15, -0.1) is 0 Å². The summed E-state index contributed by atoms with van der Waals surface area (Å²) in [6.45, 7) is 2.63. The molecule has 1 aliphatic rings. The van der Waals surface area contributed by atoms with Gasteiger partial charge in [0.05, 0.1) is 10.5 Å². The zero-order valence-electron chi connectivity index (χ0n) is 12.4. The topological polar surface area (TPSA) is 89.8 Å². The van der Waals surface area contributed by atoms with E-state index in [0.29, 0.717) is 18.7 Å². The number of carbonyl (C=O) groups excluding carboxylic acids is 2. The van der Waals surface area contributed by atoms with Gasteiger partial charge < -0.3 is 9.64 Å². The van der Waals surface area contributed by atoms with Crippen molar-refractivity contribution >= 4 is 17.6 Å². The van der Waals surface area contributed by atoms with Crippen LogP contribution in [-0.2, 0) is 9.53 Å². The van der Waals surface area contributed by atoms with Gasteiger partial charge in [0.25, 0.3) is 11.6 Å². The number of hydrogen-bond donors (Lipinski definition) is 0. The Morgan fingerprint density at radius 3 is 2.59 bits per heavy atom. The Kier molecular flexibility index (Phi) is 5.08. The summed E-state index contributed by atoms with van der Waals surface area (Å²) in [6, 6.07) is 4.11. The monoisotopic (exact) mass is 306 g/mol. The Labute approximate surface area is 128 Å². The molecule has 1 aromatic carbocycles. The average molecular weight is 306 g/mol. The lowest BCUT2D eigenvalue weighted by Crippen LogP contribution is -2.38. The van der Waals surface area contributed by atoms with Crippen LogP contribution in [0.3, 0.4) is 0 Å². The first-order valence-corrected chi connectivity index (χ1v) is 7.19. The van der Waals surface area contributed by atoms with E-state index in [1.165, 1.54) is 18.2 Å². The van der Waals surface area contributed by atoms with Crippen LogP contribution in [0, 0.1) is 17.0 Å². The predicted octanol–water partition coefficient (Wildman–Crippen LogP) is 2.07. The van der Waals surface area contributed by atoms with Crippen LogP contribution >= 0.6 is 0 Å². The number of amides is 1. The Morgan fingerprint density at radius 2 is 1.95 bits per heavy atom. The molecule has 0 saturated carbocycles. The molecule has 7 nitrogen and oxygen atoms in total. The molecular formula is C15H18N2O5. The molecule has 2 rings (SSSR count). The van der Waals surface area contributed by atoms with Crippen LogP contribution in [0.5, 0.6) is 0 Å². The first-order valence-electron chi connectivity index (χ1n) is 7.19. The number of carbonyl (C=O) groups is 2. The van der Waals surface area contributed by atoms with Gasteiger partial charge in [0.15, 0.2) is 6.61 Å². The van der Waals surface area contributed by atoms with Gasteiger partial charge >= 0.3 is 5.97 Å². The number of nitrogens with zero attached hydrogens (tertiary/aromatic N) is 2. The van der Waals surface area contributed by atoms with Crippen LogP contribution in [0.4, 0.5) is 5.69 Å². The fourth-order valence-electron chi connectivity index (χ4n) is 2.38. The van der Waals surface area contributed by atoms with Crippen molar-refractivity contribution in [2.75, 3.05) is 19.7 Å². The highest BCUT2D eigenvalue weighted by molar-refractivity contribution is 5.92. The van der Waals surface area contributed by atoms with Crippen LogP contribution < -0.4 is 0 Å². The zero-order chi connectivity index (χ0) is 16.1. The Morgan fingerprint density at radius 1 is 1.27 bits per heavy atom. The Hall–Kier alpha value is -2.44. The van der Waals surface area contributed by atoms with Gasteiger partial charge in [-0.25, -0.2) is 4.79 Å². The second kappa shape index (κ2) is 7.02. The number of ether oxygens (including phenoxy) is 1. The van der Waals surface area contributed by atoms with Crippen molar-refractivity contribution in [2.45, 2.75) is 26.2 Å². The molecule has 0 aliphatic carbocycles. The summed E-state index contributed by atoms with van der Waals surface area (Å²) in [4.78, 5) is 35.8. The maximum absolute atomic E-state index is 11.9. The molecule has 7 heteroatoms. The van der Waals surface area contributed by atoms with Gasteiger partial charge in [-0.05, 0) is 32.3 Å². The van der Waals surface area contributed by atoms with Gasteiger partial charge in [-0.3, -0.25) is 14.9 Å². The lowest BCUT2D eigenvalue weighted by Gasteiger charge is -2.26. The number of piperidine rings is 1. The van der Waals surface area contributed by atoms with E-state index in [9.17, 15) is 19.7 Å². The molecule has 0 spiro atoms. The van der Waals surface area contributed by atoms with Gasteiger partial charge in [0, 0.05) is 24.7 Å². The molecule has 118 valence electrons. The normalized spacial score (nSPS) is 14.5. The minimum Gasteiger partial charge on any atom is -0.452 e. The SMILES string of the molecule is Cc1ccc(C(=O)OCC(=O)N2CCCCC2)cc1[N+](=O)[O-]. The summed E-state index contributed by atoms with van der Waals surface area (Å²) in [7, 11) is 0. The molecule has 0 aromatic heterocycles. The molecule has 0 radical (unpaired) electrons. The van der Waals surface area contributed by atoms with Crippen molar-refractivity contribution < 1.29 is 19.2 Å². The van der Waals surface area contributed by atoms with Crippen LogP contribution in [0.2, 0.25) is 0 Å². The number of benzene rings is 1. The minimum absolute atomic E-state index is 0.0729. The minimum atomic E-state index is -0.728. The lowest BCUT2D eigenvalue weighted by molar-refractivity contribution is -0.385. The third-order valence-corrected chi connectivity index (χ3v) is 3.68. The molecule has 22 heavy (non-hydrogen) atoms. The first-order chi connectivity index (χ1) is 10.5. The fourth-order valence-corrected chi connectivity index (χ4v) is 2.38. The second-order valence-electron chi connectivity index (χ2n) is 5.28. The van der Waals surface area contributed by atoms with E-state index in [2.05, 4.69) is 0 Å². The lowest BCUT2D eigenvalue weighted by atomic mass is 10.1. The molecule has 1 amide bonds. The third kappa shape index (κ3) is 3.81. The van der Waals surface area contributed by atoms with Gasteiger partial charge in [0.2, 0.25) is 0 Å². The van der Waals surface area contributed by atoms with Crippen molar-refractivity contribution in [3.05, 3.63) is 39.4 Å². The quantitative estimate of drug-likeness (QED) is 0.482. The van der Waals surface area contributed by atoms with E-state index >= 15 is 0 Å². The molecule has 0 unspecified atom stereocenters. The third-order valence-electron chi connectivity index (χ3n) is 3.68. The summed E-state index contributed by atoms with van der Waals surface area (Å²) < 4.78 is 4.96.